The Morgan fingerprint density at radius 1 is 1.27 bits per heavy atom. The van der Waals surface area contributed by atoms with E-state index in [1.165, 1.54) is 57.2 Å². The summed E-state index contributed by atoms with van der Waals surface area (Å²) in [5.74, 6) is 0. The minimum absolute atomic E-state index is 0.639. The summed E-state index contributed by atoms with van der Waals surface area (Å²) >= 11 is 0. The van der Waals surface area contributed by atoms with Gasteiger partial charge in [0.25, 0.3) is 0 Å². The van der Waals surface area contributed by atoms with Crippen molar-refractivity contribution in [1.82, 2.24) is 4.90 Å². The largest absolute Gasteiger partial charge is 0.306 e. The Bertz CT molecular complexity index is 199. The monoisotopic (exact) mass is 209 g/mol. The van der Waals surface area contributed by atoms with Crippen molar-refractivity contribution in [1.29, 1.82) is 0 Å². The molecule has 1 aliphatic rings. The number of hydrogen-bond donors (Lipinski definition) is 0. The third-order valence-corrected chi connectivity index (χ3v) is 3.91. The predicted octanol–water partition coefficient (Wildman–Crippen LogP) is 3.85. The number of allylic oxidation sites excluding steroid dienone is 1. The number of piperidine rings is 1. The molecule has 88 valence electrons. The normalized spacial score (nSPS) is 21.5. The Balaban J connectivity index is 2.50. The Kier molecular flexibility index (Phi) is 4.85. The fourth-order valence-electron chi connectivity index (χ4n) is 2.73. The van der Waals surface area contributed by atoms with Crippen LogP contribution in [0, 0.1) is 5.41 Å². The number of likely N-dealkylation sites (tertiary alicyclic amines) is 1. The lowest BCUT2D eigenvalue weighted by molar-refractivity contribution is 0.102. The Morgan fingerprint density at radius 3 is 2.33 bits per heavy atom. The summed E-state index contributed by atoms with van der Waals surface area (Å²) in [4.78, 5) is 2.47. The van der Waals surface area contributed by atoms with Crippen LogP contribution in [0.15, 0.2) is 12.2 Å². The van der Waals surface area contributed by atoms with Crippen molar-refractivity contribution in [3.63, 3.8) is 0 Å². The third kappa shape index (κ3) is 3.98. The molecule has 0 N–H and O–H groups in total. The molecule has 0 radical (unpaired) electrons. The summed E-state index contributed by atoms with van der Waals surface area (Å²) in [5.41, 5.74) is 1.99. The van der Waals surface area contributed by atoms with Gasteiger partial charge in [0, 0.05) is 0 Å². The van der Waals surface area contributed by atoms with Gasteiger partial charge in [-0.2, -0.15) is 0 Å². The van der Waals surface area contributed by atoms with Gasteiger partial charge in [-0.1, -0.05) is 18.9 Å². The number of nitrogens with zero attached hydrogens (tertiary/aromatic N) is 1. The predicted molar refractivity (Wildman–Crippen MR) is 68.1 cm³/mol. The van der Waals surface area contributed by atoms with Gasteiger partial charge in [0.15, 0.2) is 0 Å². The Morgan fingerprint density at radius 2 is 1.87 bits per heavy atom. The second kappa shape index (κ2) is 5.69. The molecule has 1 heterocycles. The van der Waals surface area contributed by atoms with Crippen LogP contribution in [0.25, 0.3) is 0 Å². The fraction of sp³-hybridized carbons (Fsp3) is 0.857. The molecule has 1 fully saturated rings. The molecule has 1 rings (SSSR count). The van der Waals surface area contributed by atoms with E-state index in [4.69, 9.17) is 0 Å². The minimum Gasteiger partial charge on any atom is -0.306 e. The van der Waals surface area contributed by atoms with Crippen LogP contribution in [-0.4, -0.2) is 25.0 Å². The first-order chi connectivity index (χ1) is 7.08. The highest BCUT2D eigenvalue weighted by atomic mass is 15.1. The van der Waals surface area contributed by atoms with Crippen LogP contribution in [0.5, 0.6) is 0 Å². The highest BCUT2D eigenvalue weighted by molar-refractivity contribution is 4.93. The summed E-state index contributed by atoms with van der Waals surface area (Å²) in [6.07, 6.45) is 8.12. The summed E-state index contributed by atoms with van der Waals surface area (Å²) in [5, 5.41) is 0. The van der Waals surface area contributed by atoms with Gasteiger partial charge in [0.2, 0.25) is 0 Å². The van der Waals surface area contributed by atoms with E-state index >= 15 is 0 Å². The smallest absolute Gasteiger partial charge is 0.00165 e. The van der Waals surface area contributed by atoms with E-state index in [-0.39, 0.29) is 0 Å². The first kappa shape index (κ1) is 12.8. The van der Waals surface area contributed by atoms with E-state index in [0.717, 1.165) is 0 Å². The van der Waals surface area contributed by atoms with Crippen LogP contribution in [0.2, 0.25) is 0 Å². The SMILES string of the molecule is C=C(C)CCC1(CCC)CCN(C)CC1. The molecule has 0 spiro atoms. The van der Waals surface area contributed by atoms with Crippen LogP contribution in [0.4, 0.5) is 0 Å². The van der Waals surface area contributed by atoms with Crippen LogP contribution in [0.1, 0.15) is 52.4 Å². The van der Waals surface area contributed by atoms with Crippen molar-refractivity contribution in [3.05, 3.63) is 12.2 Å². The summed E-state index contributed by atoms with van der Waals surface area (Å²) in [6, 6.07) is 0. The molecule has 0 bridgehead atoms. The highest BCUT2D eigenvalue weighted by Crippen LogP contribution is 2.40. The van der Waals surface area contributed by atoms with E-state index in [1.807, 2.05) is 0 Å². The van der Waals surface area contributed by atoms with E-state index in [2.05, 4.69) is 32.4 Å². The Hall–Kier alpha value is -0.300. The van der Waals surface area contributed by atoms with Gasteiger partial charge in [-0.3, -0.25) is 0 Å². The lowest BCUT2D eigenvalue weighted by atomic mass is 9.71. The molecule has 1 nitrogen and oxygen atoms in total. The highest BCUT2D eigenvalue weighted by Gasteiger charge is 2.31. The first-order valence-corrected chi connectivity index (χ1v) is 6.41. The summed E-state index contributed by atoms with van der Waals surface area (Å²) in [6.45, 7) is 11.1. The van der Waals surface area contributed by atoms with Gasteiger partial charge < -0.3 is 4.90 Å². The molecule has 0 unspecified atom stereocenters. The zero-order valence-electron chi connectivity index (χ0n) is 10.8. The molecule has 0 aliphatic carbocycles. The minimum atomic E-state index is 0.639. The van der Waals surface area contributed by atoms with Crippen molar-refractivity contribution in [2.45, 2.75) is 52.4 Å². The Labute approximate surface area is 95.5 Å². The summed E-state index contributed by atoms with van der Waals surface area (Å²) < 4.78 is 0. The zero-order chi connectivity index (χ0) is 11.3. The maximum absolute atomic E-state index is 4.04. The van der Waals surface area contributed by atoms with Gasteiger partial charge in [0.1, 0.15) is 0 Å². The first-order valence-electron chi connectivity index (χ1n) is 6.41. The molecule has 15 heavy (non-hydrogen) atoms. The van der Waals surface area contributed by atoms with Gasteiger partial charge in [0.05, 0.1) is 0 Å². The quantitative estimate of drug-likeness (QED) is 0.622. The zero-order valence-corrected chi connectivity index (χ0v) is 10.8. The van der Waals surface area contributed by atoms with E-state index < -0.39 is 0 Å². The van der Waals surface area contributed by atoms with E-state index in [1.54, 1.807) is 0 Å². The van der Waals surface area contributed by atoms with Gasteiger partial charge in [-0.05, 0) is 64.6 Å². The molecule has 0 aromatic rings. The van der Waals surface area contributed by atoms with E-state index in [0.29, 0.717) is 5.41 Å². The molecule has 0 saturated carbocycles. The van der Waals surface area contributed by atoms with Crippen LogP contribution >= 0.6 is 0 Å². The second-order valence-corrected chi connectivity index (χ2v) is 5.51. The van der Waals surface area contributed by atoms with E-state index in [9.17, 15) is 0 Å². The molecule has 0 aromatic heterocycles. The van der Waals surface area contributed by atoms with Gasteiger partial charge in [-0.15, -0.1) is 6.58 Å². The molecular formula is C14H27N. The topological polar surface area (TPSA) is 3.24 Å². The fourth-order valence-corrected chi connectivity index (χ4v) is 2.73. The second-order valence-electron chi connectivity index (χ2n) is 5.51. The third-order valence-electron chi connectivity index (χ3n) is 3.91. The van der Waals surface area contributed by atoms with Crippen molar-refractivity contribution in [2.24, 2.45) is 5.41 Å². The van der Waals surface area contributed by atoms with Crippen LogP contribution in [-0.2, 0) is 0 Å². The lowest BCUT2D eigenvalue weighted by Crippen LogP contribution is -2.38. The molecule has 1 saturated heterocycles. The molecule has 0 amide bonds. The molecule has 1 heteroatoms. The molecular weight excluding hydrogens is 182 g/mol. The van der Waals surface area contributed by atoms with Crippen molar-refractivity contribution in [3.8, 4) is 0 Å². The standard InChI is InChI=1S/C14H27N/c1-5-7-14(8-6-13(2)3)9-11-15(4)12-10-14/h2,5-12H2,1,3-4H3. The molecule has 1 aliphatic heterocycles. The molecule has 0 aromatic carbocycles. The van der Waals surface area contributed by atoms with Crippen LogP contribution in [0.3, 0.4) is 0 Å². The van der Waals surface area contributed by atoms with Crippen molar-refractivity contribution >= 4 is 0 Å². The van der Waals surface area contributed by atoms with Crippen molar-refractivity contribution < 1.29 is 0 Å². The maximum atomic E-state index is 4.04. The van der Waals surface area contributed by atoms with Crippen molar-refractivity contribution in [2.75, 3.05) is 20.1 Å². The maximum Gasteiger partial charge on any atom is -0.00165 e. The average Bonchev–Trinajstić information content (AvgIpc) is 2.20. The van der Waals surface area contributed by atoms with Gasteiger partial charge >= 0.3 is 0 Å². The van der Waals surface area contributed by atoms with Gasteiger partial charge in [-0.25, -0.2) is 0 Å². The van der Waals surface area contributed by atoms with Crippen LogP contribution < -0.4 is 0 Å². The number of rotatable bonds is 5. The number of hydrogen-bond acceptors (Lipinski definition) is 1. The lowest BCUT2D eigenvalue weighted by Gasteiger charge is -2.41. The average molecular weight is 209 g/mol. The summed E-state index contributed by atoms with van der Waals surface area (Å²) in [7, 11) is 2.24. The molecule has 0 atom stereocenters.